The minimum Gasteiger partial charge on any atom is -0.454 e. The first-order valence-electron chi connectivity index (χ1n) is 6.61. The van der Waals surface area contributed by atoms with Crippen molar-refractivity contribution in [1.82, 2.24) is 4.90 Å². The lowest BCUT2D eigenvalue weighted by Crippen LogP contribution is -2.45. The molecule has 1 fully saturated rings. The van der Waals surface area contributed by atoms with Gasteiger partial charge in [0.25, 0.3) is 5.91 Å². The van der Waals surface area contributed by atoms with Gasteiger partial charge in [0.05, 0.1) is 6.61 Å². The van der Waals surface area contributed by atoms with Crippen molar-refractivity contribution in [3.63, 3.8) is 0 Å². The highest BCUT2D eigenvalue weighted by molar-refractivity contribution is 5.95. The normalized spacial score (nSPS) is 17.1. The first-order chi connectivity index (χ1) is 9.29. The van der Waals surface area contributed by atoms with Crippen LogP contribution >= 0.6 is 0 Å². The third-order valence-electron chi connectivity index (χ3n) is 3.74. The predicted molar refractivity (Wildman–Crippen MR) is 68.3 cm³/mol. The molecule has 5 heteroatoms. The van der Waals surface area contributed by atoms with Gasteiger partial charge in [-0.05, 0) is 37.5 Å². The summed E-state index contributed by atoms with van der Waals surface area (Å²) in [5, 5.41) is 9.12. The minimum absolute atomic E-state index is 0.00715. The molecule has 1 aliphatic heterocycles. The maximum absolute atomic E-state index is 12.5. The maximum atomic E-state index is 12.5. The van der Waals surface area contributed by atoms with Crippen LogP contribution in [-0.4, -0.2) is 41.9 Å². The molecule has 5 nitrogen and oxygen atoms in total. The van der Waals surface area contributed by atoms with Gasteiger partial charge in [-0.2, -0.15) is 0 Å². The van der Waals surface area contributed by atoms with Crippen molar-refractivity contribution in [2.75, 3.05) is 19.9 Å². The fraction of sp³-hybridized carbons (Fsp3) is 0.500. The number of aliphatic hydroxyl groups excluding tert-OH is 1. The van der Waals surface area contributed by atoms with E-state index < -0.39 is 0 Å². The highest BCUT2D eigenvalue weighted by atomic mass is 16.7. The van der Waals surface area contributed by atoms with Crippen molar-refractivity contribution in [2.45, 2.75) is 25.3 Å². The van der Waals surface area contributed by atoms with Crippen LogP contribution in [0.2, 0.25) is 0 Å². The fourth-order valence-corrected chi connectivity index (χ4v) is 2.45. The Kier molecular flexibility index (Phi) is 3.29. The summed E-state index contributed by atoms with van der Waals surface area (Å²) < 4.78 is 10.5. The molecule has 1 aliphatic carbocycles. The quantitative estimate of drug-likeness (QED) is 0.892. The van der Waals surface area contributed by atoms with E-state index >= 15 is 0 Å². The SMILES string of the molecule is O=C(c1ccc2c(c1)OCO2)N(CCO)C1CCC1. The zero-order valence-corrected chi connectivity index (χ0v) is 10.7. The summed E-state index contributed by atoms with van der Waals surface area (Å²) in [5.41, 5.74) is 0.588. The molecule has 2 aliphatic rings. The lowest BCUT2D eigenvalue weighted by molar-refractivity contribution is 0.0525. The molecule has 1 aromatic rings. The topological polar surface area (TPSA) is 59.0 Å². The maximum Gasteiger partial charge on any atom is 0.254 e. The first kappa shape index (κ1) is 12.3. The van der Waals surface area contributed by atoms with Crippen molar-refractivity contribution >= 4 is 5.91 Å². The van der Waals surface area contributed by atoms with Gasteiger partial charge < -0.3 is 19.5 Å². The van der Waals surface area contributed by atoms with Crippen LogP contribution < -0.4 is 9.47 Å². The van der Waals surface area contributed by atoms with Crippen LogP contribution in [0.15, 0.2) is 18.2 Å². The summed E-state index contributed by atoms with van der Waals surface area (Å²) >= 11 is 0. The minimum atomic E-state index is -0.0444. The third kappa shape index (κ3) is 2.26. The first-order valence-corrected chi connectivity index (χ1v) is 6.61. The molecule has 1 amide bonds. The van der Waals surface area contributed by atoms with Gasteiger partial charge in [0.2, 0.25) is 6.79 Å². The molecular formula is C14H17NO4. The van der Waals surface area contributed by atoms with Crippen LogP contribution in [-0.2, 0) is 0 Å². The van der Waals surface area contributed by atoms with Crippen molar-refractivity contribution in [1.29, 1.82) is 0 Å². The lowest BCUT2D eigenvalue weighted by atomic mass is 9.91. The fourth-order valence-electron chi connectivity index (χ4n) is 2.45. The second-order valence-corrected chi connectivity index (χ2v) is 4.87. The number of rotatable bonds is 4. The summed E-state index contributed by atoms with van der Waals surface area (Å²) in [5.74, 6) is 1.24. The van der Waals surface area contributed by atoms with Crippen LogP contribution in [0.3, 0.4) is 0 Å². The second-order valence-electron chi connectivity index (χ2n) is 4.87. The summed E-state index contributed by atoms with van der Waals surface area (Å²) in [6.07, 6.45) is 3.20. The van der Waals surface area contributed by atoms with E-state index in [2.05, 4.69) is 0 Å². The number of carbonyl (C=O) groups is 1. The molecular weight excluding hydrogens is 246 g/mol. The monoisotopic (exact) mass is 263 g/mol. The number of hydrogen-bond acceptors (Lipinski definition) is 4. The van der Waals surface area contributed by atoms with Gasteiger partial charge >= 0.3 is 0 Å². The number of fused-ring (bicyclic) bond motifs is 1. The number of benzene rings is 1. The van der Waals surface area contributed by atoms with E-state index in [1.807, 2.05) is 0 Å². The number of nitrogens with zero attached hydrogens (tertiary/aromatic N) is 1. The second kappa shape index (κ2) is 5.09. The lowest BCUT2D eigenvalue weighted by Gasteiger charge is -2.37. The van der Waals surface area contributed by atoms with E-state index in [-0.39, 0.29) is 25.3 Å². The van der Waals surface area contributed by atoms with Gasteiger partial charge in [0, 0.05) is 18.2 Å². The zero-order valence-electron chi connectivity index (χ0n) is 10.7. The van der Waals surface area contributed by atoms with Crippen molar-refractivity contribution in [3.05, 3.63) is 23.8 Å². The Morgan fingerprint density at radius 1 is 1.32 bits per heavy atom. The van der Waals surface area contributed by atoms with E-state index in [4.69, 9.17) is 14.6 Å². The Morgan fingerprint density at radius 2 is 2.11 bits per heavy atom. The predicted octanol–water partition coefficient (Wildman–Crippen LogP) is 1.40. The van der Waals surface area contributed by atoms with Crippen LogP contribution in [0.4, 0.5) is 0 Å². The average molecular weight is 263 g/mol. The van der Waals surface area contributed by atoms with Gasteiger partial charge in [-0.1, -0.05) is 0 Å². The van der Waals surface area contributed by atoms with Gasteiger partial charge in [-0.15, -0.1) is 0 Å². The summed E-state index contributed by atoms with van der Waals surface area (Å²) in [6, 6.07) is 5.49. The zero-order chi connectivity index (χ0) is 13.2. The Labute approximate surface area is 111 Å². The molecule has 1 aromatic carbocycles. The molecule has 0 saturated heterocycles. The Balaban J connectivity index is 1.81. The Hall–Kier alpha value is -1.75. The number of ether oxygens (including phenoxy) is 2. The van der Waals surface area contributed by atoms with Crippen molar-refractivity contribution in [2.24, 2.45) is 0 Å². The van der Waals surface area contributed by atoms with E-state index in [1.165, 1.54) is 0 Å². The number of hydrogen-bond donors (Lipinski definition) is 1. The smallest absolute Gasteiger partial charge is 0.254 e. The van der Waals surface area contributed by atoms with E-state index in [0.717, 1.165) is 19.3 Å². The average Bonchev–Trinajstić information content (AvgIpc) is 2.82. The molecule has 0 spiro atoms. The molecule has 102 valence electrons. The highest BCUT2D eigenvalue weighted by Gasteiger charge is 2.29. The molecule has 1 saturated carbocycles. The molecule has 19 heavy (non-hydrogen) atoms. The molecule has 0 unspecified atom stereocenters. The molecule has 3 rings (SSSR count). The standard InChI is InChI=1S/C14H17NO4/c16-7-6-15(11-2-1-3-11)14(17)10-4-5-12-13(8-10)19-9-18-12/h4-5,8,11,16H,1-3,6-7,9H2. The number of aliphatic hydroxyl groups is 1. The molecule has 0 radical (unpaired) electrons. The van der Waals surface area contributed by atoms with Crippen LogP contribution in [0.1, 0.15) is 29.6 Å². The highest BCUT2D eigenvalue weighted by Crippen LogP contribution is 2.33. The van der Waals surface area contributed by atoms with Crippen molar-refractivity contribution < 1.29 is 19.4 Å². The van der Waals surface area contributed by atoms with E-state index in [0.29, 0.717) is 23.6 Å². The molecule has 1 N–H and O–H groups in total. The Morgan fingerprint density at radius 3 is 2.79 bits per heavy atom. The van der Waals surface area contributed by atoms with Gasteiger partial charge in [-0.3, -0.25) is 4.79 Å². The van der Waals surface area contributed by atoms with Crippen LogP contribution in [0.25, 0.3) is 0 Å². The number of carbonyl (C=O) groups excluding carboxylic acids is 1. The Bertz CT molecular complexity index is 484. The van der Waals surface area contributed by atoms with Gasteiger partial charge in [-0.25, -0.2) is 0 Å². The summed E-state index contributed by atoms with van der Waals surface area (Å²) in [6.45, 7) is 0.584. The molecule has 0 atom stereocenters. The molecule has 1 heterocycles. The van der Waals surface area contributed by atoms with Crippen molar-refractivity contribution in [3.8, 4) is 11.5 Å². The number of amides is 1. The van der Waals surface area contributed by atoms with Gasteiger partial charge in [0.1, 0.15) is 0 Å². The largest absolute Gasteiger partial charge is 0.454 e. The molecule has 0 aromatic heterocycles. The molecule has 0 bridgehead atoms. The van der Waals surface area contributed by atoms with E-state index in [1.54, 1.807) is 23.1 Å². The summed E-state index contributed by atoms with van der Waals surface area (Å²) in [4.78, 5) is 14.3. The van der Waals surface area contributed by atoms with E-state index in [9.17, 15) is 4.79 Å². The van der Waals surface area contributed by atoms with Gasteiger partial charge in [0.15, 0.2) is 11.5 Å². The van der Waals surface area contributed by atoms with Crippen LogP contribution in [0.5, 0.6) is 11.5 Å². The third-order valence-corrected chi connectivity index (χ3v) is 3.74. The summed E-state index contributed by atoms with van der Waals surface area (Å²) in [7, 11) is 0. The van der Waals surface area contributed by atoms with Crippen LogP contribution in [0, 0.1) is 0 Å².